The molecule has 0 N–H and O–H groups in total. The van der Waals surface area contributed by atoms with Crippen molar-refractivity contribution >= 4 is 23.6 Å². The molecule has 2 rings (SSSR count). The molecule has 112 valence electrons. The van der Waals surface area contributed by atoms with Crippen LogP contribution in [0.3, 0.4) is 0 Å². The van der Waals surface area contributed by atoms with E-state index in [9.17, 15) is 4.79 Å². The molecule has 0 unspecified atom stereocenters. The van der Waals surface area contributed by atoms with Crippen molar-refractivity contribution in [2.45, 2.75) is 20.0 Å². The normalized spacial score (nSPS) is 12.1. The number of halogens is 1. The number of aryl methyl sites for hydroxylation is 1. The van der Waals surface area contributed by atoms with Crippen molar-refractivity contribution in [3.63, 3.8) is 0 Å². The Hall–Kier alpha value is -2.58. The molecule has 0 bridgehead atoms. The first kappa shape index (κ1) is 15.8. The summed E-state index contributed by atoms with van der Waals surface area (Å²) in [4.78, 5) is 11.6. The van der Waals surface area contributed by atoms with Crippen molar-refractivity contribution in [3.05, 3.63) is 52.8 Å². The summed E-state index contributed by atoms with van der Waals surface area (Å²) in [6.07, 6.45) is 1.98. The number of esters is 1. The summed E-state index contributed by atoms with van der Waals surface area (Å²) < 4.78 is 6.43. The number of carbonyl (C=O) groups is 1. The van der Waals surface area contributed by atoms with Gasteiger partial charge in [0, 0.05) is 11.6 Å². The molecule has 0 saturated carbocycles. The first-order chi connectivity index (χ1) is 10.5. The molecule has 1 atom stereocenters. The van der Waals surface area contributed by atoms with Gasteiger partial charge >= 0.3 is 5.97 Å². The highest BCUT2D eigenvalue weighted by atomic mass is 35.5. The van der Waals surface area contributed by atoms with Crippen LogP contribution in [0.2, 0.25) is 5.15 Å². The van der Waals surface area contributed by atoms with Crippen molar-refractivity contribution in [1.29, 1.82) is 5.26 Å². The molecule has 0 aliphatic carbocycles. The van der Waals surface area contributed by atoms with Gasteiger partial charge in [-0.15, -0.1) is 0 Å². The second-order valence-electron chi connectivity index (χ2n) is 4.58. The predicted molar refractivity (Wildman–Crippen MR) is 83.5 cm³/mol. The minimum atomic E-state index is -0.791. The maximum Gasteiger partial charge on any atom is 0.332 e. The Morgan fingerprint density at radius 1 is 1.45 bits per heavy atom. The topological polar surface area (TPSA) is 67.9 Å². The van der Waals surface area contributed by atoms with Gasteiger partial charge in [0.05, 0.1) is 11.4 Å². The number of carbonyl (C=O) groups excluding carboxylic acids is 1. The molecule has 0 saturated heterocycles. The van der Waals surface area contributed by atoms with E-state index < -0.39 is 12.1 Å². The summed E-state index contributed by atoms with van der Waals surface area (Å²) in [5, 5.41) is 13.4. The van der Waals surface area contributed by atoms with Crippen LogP contribution >= 0.6 is 11.6 Å². The van der Waals surface area contributed by atoms with Crippen LogP contribution in [0.4, 0.5) is 0 Å². The third kappa shape index (κ3) is 3.54. The molecule has 0 spiro atoms. The number of benzene rings is 1. The lowest BCUT2D eigenvalue weighted by atomic mass is 10.2. The van der Waals surface area contributed by atoms with E-state index in [0.29, 0.717) is 16.4 Å². The molecule has 6 heteroatoms. The molecule has 0 radical (unpaired) electrons. The summed E-state index contributed by atoms with van der Waals surface area (Å²) in [5.41, 5.74) is 2.15. The zero-order valence-electron chi connectivity index (χ0n) is 12.2. The minimum Gasteiger partial charge on any atom is -0.444 e. The quantitative estimate of drug-likeness (QED) is 0.641. The standard InChI is InChI=1S/C16H14ClN3O2/c1-11(10-18)22-15(21)9-8-14-12(2)19-20(16(14)17)13-6-4-3-5-7-13/h3-9,11H,1-2H3/b9-8+/t11-/m1/s1. The molecule has 0 aliphatic rings. The van der Waals surface area contributed by atoms with E-state index in [1.165, 1.54) is 19.1 Å². The van der Waals surface area contributed by atoms with Gasteiger partial charge in [-0.25, -0.2) is 9.48 Å². The van der Waals surface area contributed by atoms with Gasteiger partial charge in [0.2, 0.25) is 0 Å². The van der Waals surface area contributed by atoms with E-state index in [1.54, 1.807) is 11.6 Å². The van der Waals surface area contributed by atoms with Crippen molar-refractivity contribution in [2.75, 3.05) is 0 Å². The molecule has 1 aromatic carbocycles. The molecule has 22 heavy (non-hydrogen) atoms. The van der Waals surface area contributed by atoms with E-state index in [1.807, 2.05) is 36.4 Å². The largest absolute Gasteiger partial charge is 0.444 e. The molecule has 0 aliphatic heterocycles. The number of rotatable bonds is 4. The summed E-state index contributed by atoms with van der Waals surface area (Å²) in [6, 6.07) is 11.3. The van der Waals surface area contributed by atoms with E-state index in [2.05, 4.69) is 5.10 Å². The Labute approximate surface area is 133 Å². The average Bonchev–Trinajstić information content (AvgIpc) is 2.80. The molecule has 5 nitrogen and oxygen atoms in total. The zero-order chi connectivity index (χ0) is 16.1. The Kier molecular flexibility index (Phi) is 4.97. The maximum atomic E-state index is 11.6. The third-order valence-electron chi connectivity index (χ3n) is 2.91. The lowest BCUT2D eigenvalue weighted by molar-refractivity contribution is -0.139. The SMILES string of the molecule is Cc1nn(-c2ccccc2)c(Cl)c1/C=C/C(=O)O[C@H](C)C#N. The number of hydrogen-bond acceptors (Lipinski definition) is 4. The van der Waals surface area contributed by atoms with Crippen LogP contribution in [0.15, 0.2) is 36.4 Å². The van der Waals surface area contributed by atoms with Gasteiger partial charge in [0.25, 0.3) is 0 Å². The number of aromatic nitrogens is 2. The monoisotopic (exact) mass is 315 g/mol. The number of nitriles is 1. The highest BCUT2D eigenvalue weighted by Gasteiger charge is 2.13. The fraction of sp³-hybridized carbons (Fsp3) is 0.188. The predicted octanol–water partition coefficient (Wildman–Crippen LogP) is 3.30. The van der Waals surface area contributed by atoms with Gasteiger partial charge in [0.15, 0.2) is 6.10 Å². The van der Waals surface area contributed by atoms with Crippen molar-refractivity contribution in [1.82, 2.24) is 9.78 Å². The van der Waals surface area contributed by atoms with Crippen molar-refractivity contribution in [3.8, 4) is 11.8 Å². The van der Waals surface area contributed by atoms with Crippen LogP contribution in [0.1, 0.15) is 18.2 Å². The number of para-hydroxylation sites is 1. The van der Waals surface area contributed by atoms with Gasteiger partial charge in [-0.05, 0) is 32.1 Å². The van der Waals surface area contributed by atoms with Gasteiger partial charge in [-0.3, -0.25) is 0 Å². The second kappa shape index (κ2) is 6.92. The summed E-state index contributed by atoms with van der Waals surface area (Å²) in [5.74, 6) is -0.600. The van der Waals surface area contributed by atoms with Crippen LogP contribution in [0.5, 0.6) is 0 Å². The summed E-state index contributed by atoms with van der Waals surface area (Å²) in [6.45, 7) is 3.30. The molecule has 2 aromatic rings. The molecular weight excluding hydrogens is 302 g/mol. The first-order valence-corrected chi connectivity index (χ1v) is 6.99. The number of hydrogen-bond donors (Lipinski definition) is 0. The third-order valence-corrected chi connectivity index (χ3v) is 3.27. The van der Waals surface area contributed by atoms with Crippen molar-refractivity contribution in [2.24, 2.45) is 0 Å². The van der Waals surface area contributed by atoms with E-state index in [4.69, 9.17) is 21.6 Å². The zero-order valence-corrected chi connectivity index (χ0v) is 12.9. The van der Waals surface area contributed by atoms with Crippen LogP contribution in [0.25, 0.3) is 11.8 Å². The minimum absolute atomic E-state index is 0.404. The number of nitrogens with zero attached hydrogens (tertiary/aromatic N) is 3. The maximum absolute atomic E-state index is 11.6. The molecule has 1 heterocycles. The molecule has 0 fully saturated rings. The molecular formula is C16H14ClN3O2. The molecule has 1 aromatic heterocycles. The highest BCUT2D eigenvalue weighted by molar-refractivity contribution is 6.31. The van der Waals surface area contributed by atoms with Gasteiger partial charge in [-0.2, -0.15) is 10.4 Å². The van der Waals surface area contributed by atoms with E-state index >= 15 is 0 Å². The number of ether oxygens (including phenoxy) is 1. The van der Waals surface area contributed by atoms with Crippen LogP contribution in [-0.4, -0.2) is 21.9 Å². The van der Waals surface area contributed by atoms with Gasteiger partial charge in [-0.1, -0.05) is 29.8 Å². The fourth-order valence-electron chi connectivity index (χ4n) is 1.83. The summed E-state index contributed by atoms with van der Waals surface area (Å²) in [7, 11) is 0. The lowest BCUT2D eigenvalue weighted by Gasteiger charge is -2.02. The van der Waals surface area contributed by atoms with Crippen molar-refractivity contribution < 1.29 is 9.53 Å². The Morgan fingerprint density at radius 3 is 2.77 bits per heavy atom. The second-order valence-corrected chi connectivity index (χ2v) is 4.94. The Morgan fingerprint density at radius 2 is 2.14 bits per heavy atom. The Balaban J connectivity index is 2.25. The Bertz CT molecular complexity index is 745. The van der Waals surface area contributed by atoms with E-state index in [-0.39, 0.29) is 0 Å². The van der Waals surface area contributed by atoms with Gasteiger partial charge in [0.1, 0.15) is 11.2 Å². The fourth-order valence-corrected chi connectivity index (χ4v) is 2.17. The highest BCUT2D eigenvalue weighted by Crippen LogP contribution is 2.24. The van der Waals surface area contributed by atoms with Crippen LogP contribution in [0, 0.1) is 18.3 Å². The van der Waals surface area contributed by atoms with Crippen LogP contribution < -0.4 is 0 Å². The van der Waals surface area contributed by atoms with E-state index in [0.717, 1.165) is 5.69 Å². The van der Waals surface area contributed by atoms with Gasteiger partial charge < -0.3 is 4.74 Å². The summed E-state index contributed by atoms with van der Waals surface area (Å²) >= 11 is 6.33. The first-order valence-electron chi connectivity index (χ1n) is 6.61. The molecule has 0 amide bonds. The lowest BCUT2D eigenvalue weighted by Crippen LogP contribution is -2.10. The smallest absolute Gasteiger partial charge is 0.332 e. The van der Waals surface area contributed by atoms with Crippen LogP contribution in [-0.2, 0) is 9.53 Å². The average molecular weight is 316 g/mol.